The van der Waals surface area contributed by atoms with E-state index in [1.54, 1.807) is 17.0 Å². The Morgan fingerprint density at radius 2 is 2.00 bits per heavy atom. The average Bonchev–Trinajstić information content (AvgIpc) is 2.59. The van der Waals surface area contributed by atoms with Gasteiger partial charge in [-0.3, -0.25) is 9.59 Å². The maximum absolute atomic E-state index is 13.2. The summed E-state index contributed by atoms with van der Waals surface area (Å²) in [4.78, 5) is 28.3. The Balaban J connectivity index is 1.81. The standard InChI is InChI=1S/C19H27FN2O2/c1-3-4-10-21(2)19(24)16-8-11-22(12-9-16)18(23)14-15-6-5-7-17(20)13-15/h5-7,13,16H,3-4,8-12,14H2,1-2H3. The Hall–Kier alpha value is -1.91. The Morgan fingerprint density at radius 3 is 2.62 bits per heavy atom. The third-order valence-corrected chi connectivity index (χ3v) is 4.66. The summed E-state index contributed by atoms with van der Waals surface area (Å²) in [5.74, 6) is -0.101. The molecule has 1 aromatic rings. The molecule has 2 rings (SSSR count). The molecule has 1 saturated heterocycles. The van der Waals surface area contributed by atoms with E-state index in [1.807, 2.05) is 11.9 Å². The van der Waals surface area contributed by atoms with Crippen LogP contribution in [0.1, 0.15) is 38.2 Å². The van der Waals surface area contributed by atoms with Crippen molar-refractivity contribution in [2.24, 2.45) is 5.92 Å². The zero-order chi connectivity index (χ0) is 17.5. The largest absolute Gasteiger partial charge is 0.346 e. The van der Waals surface area contributed by atoms with Gasteiger partial charge in [0.1, 0.15) is 5.82 Å². The van der Waals surface area contributed by atoms with Crippen molar-refractivity contribution in [1.29, 1.82) is 0 Å². The van der Waals surface area contributed by atoms with E-state index in [2.05, 4.69) is 6.92 Å². The highest BCUT2D eigenvalue weighted by molar-refractivity contribution is 5.81. The maximum Gasteiger partial charge on any atom is 0.226 e. The number of carbonyl (C=O) groups is 2. The van der Waals surface area contributed by atoms with Crippen molar-refractivity contribution < 1.29 is 14.0 Å². The normalized spacial score (nSPS) is 15.4. The molecular weight excluding hydrogens is 307 g/mol. The highest BCUT2D eigenvalue weighted by Gasteiger charge is 2.28. The molecule has 1 aromatic carbocycles. The van der Waals surface area contributed by atoms with Gasteiger partial charge >= 0.3 is 0 Å². The molecule has 1 fully saturated rings. The van der Waals surface area contributed by atoms with Gasteiger partial charge in [0, 0.05) is 32.6 Å². The number of hydrogen-bond acceptors (Lipinski definition) is 2. The number of rotatable bonds is 6. The number of hydrogen-bond donors (Lipinski definition) is 0. The predicted octanol–water partition coefficient (Wildman–Crippen LogP) is 2.87. The van der Waals surface area contributed by atoms with Gasteiger partial charge in [-0.1, -0.05) is 25.5 Å². The summed E-state index contributed by atoms with van der Waals surface area (Å²) >= 11 is 0. The molecule has 132 valence electrons. The summed E-state index contributed by atoms with van der Waals surface area (Å²) in [5.41, 5.74) is 0.692. The van der Waals surface area contributed by atoms with E-state index >= 15 is 0 Å². The quantitative estimate of drug-likeness (QED) is 0.803. The molecule has 0 aromatic heterocycles. The van der Waals surface area contributed by atoms with Crippen molar-refractivity contribution in [3.8, 4) is 0 Å². The van der Waals surface area contributed by atoms with Gasteiger partial charge in [0.25, 0.3) is 0 Å². The van der Waals surface area contributed by atoms with Gasteiger partial charge in [-0.25, -0.2) is 4.39 Å². The summed E-state index contributed by atoms with van der Waals surface area (Å²) < 4.78 is 13.2. The molecule has 1 heterocycles. The van der Waals surface area contributed by atoms with Crippen LogP contribution in [0.4, 0.5) is 4.39 Å². The lowest BCUT2D eigenvalue weighted by atomic mass is 9.95. The first-order valence-electron chi connectivity index (χ1n) is 8.78. The Morgan fingerprint density at radius 1 is 1.29 bits per heavy atom. The van der Waals surface area contributed by atoms with Crippen molar-refractivity contribution in [2.75, 3.05) is 26.7 Å². The summed E-state index contributed by atoms with van der Waals surface area (Å²) in [6.07, 6.45) is 3.74. The minimum atomic E-state index is -0.320. The molecule has 5 heteroatoms. The summed E-state index contributed by atoms with van der Waals surface area (Å²) in [7, 11) is 1.86. The summed E-state index contributed by atoms with van der Waals surface area (Å²) in [6.45, 7) is 4.12. The lowest BCUT2D eigenvalue weighted by Gasteiger charge is -2.33. The van der Waals surface area contributed by atoms with Gasteiger partial charge < -0.3 is 9.80 Å². The molecule has 2 amide bonds. The molecular formula is C19H27FN2O2. The number of piperidine rings is 1. The molecule has 0 radical (unpaired) electrons. The van der Waals surface area contributed by atoms with Crippen LogP contribution < -0.4 is 0 Å². The smallest absolute Gasteiger partial charge is 0.226 e. The van der Waals surface area contributed by atoms with Gasteiger partial charge in [-0.15, -0.1) is 0 Å². The van der Waals surface area contributed by atoms with Crippen molar-refractivity contribution in [1.82, 2.24) is 9.80 Å². The minimum absolute atomic E-state index is 0.00540. The molecule has 0 N–H and O–H groups in total. The molecule has 0 unspecified atom stereocenters. The van der Waals surface area contributed by atoms with Gasteiger partial charge in [0.15, 0.2) is 0 Å². The van der Waals surface area contributed by atoms with Gasteiger partial charge in [-0.05, 0) is 37.0 Å². The Kier molecular flexibility index (Phi) is 6.76. The second-order valence-corrected chi connectivity index (χ2v) is 6.58. The first kappa shape index (κ1) is 18.4. The third kappa shape index (κ3) is 5.05. The van der Waals surface area contributed by atoms with E-state index in [4.69, 9.17) is 0 Å². The van der Waals surface area contributed by atoms with E-state index < -0.39 is 0 Å². The van der Waals surface area contributed by atoms with Gasteiger partial charge in [-0.2, -0.15) is 0 Å². The fourth-order valence-corrected chi connectivity index (χ4v) is 3.13. The van der Waals surface area contributed by atoms with Crippen LogP contribution in [-0.2, 0) is 16.0 Å². The number of amides is 2. The lowest BCUT2D eigenvalue weighted by molar-refractivity contribution is -0.139. The highest BCUT2D eigenvalue weighted by atomic mass is 19.1. The molecule has 4 nitrogen and oxygen atoms in total. The summed E-state index contributed by atoms with van der Waals surface area (Å²) in [6, 6.07) is 6.16. The van der Waals surface area contributed by atoms with Crippen molar-refractivity contribution in [3.05, 3.63) is 35.6 Å². The topological polar surface area (TPSA) is 40.6 Å². The van der Waals surface area contributed by atoms with Crippen LogP contribution in [0.2, 0.25) is 0 Å². The van der Waals surface area contributed by atoms with Gasteiger partial charge in [0.05, 0.1) is 6.42 Å². The third-order valence-electron chi connectivity index (χ3n) is 4.66. The molecule has 0 spiro atoms. The number of likely N-dealkylation sites (tertiary alicyclic amines) is 1. The van der Waals surface area contributed by atoms with Gasteiger partial charge in [0.2, 0.25) is 11.8 Å². The molecule has 0 bridgehead atoms. The van der Waals surface area contributed by atoms with Crippen molar-refractivity contribution in [3.63, 3.8) is 0 Å². The second kappa shape index (κ2) is 8.81. The first-order valence-corrected chi connectivity index (χ1v) is 8.78. The van der Waals surface area contributed by atoms with Crippen LogP contribution in [0.3, 0.4) is 0 Å². The van der Waals surface area contributed by atoms with Crippen LogP contribution in [0.25, 0.3) is 0 Å². The Bertz CT molecular complexity index is 568. The minimum Gasteiger partial charge on any atom is -0.346 e. The number of benzene rings is 1. The van der Waals surface area contributed by atoms with E-state index in [9.17, 15) is 14.0 Å². The number of halogens is 1. The van der Waals surface area contributed by atoms with Crippen LogP contribution in [0, 0.1) is 11.7 Å². The van der Waals surface area contributed by atoms with Crippen LogP contribution in [0.5, 0.6) is 0 Å². The lowest BCUT2D eigenvalue weighted by Crippen LogP contribution is -2.44. The van der Waals surface area contributed by atoms with E-state index in [0.29, 0.717) is 31.5 Å². The van der Waals surface area contributed by atoms with Crippen LogP contribution in [0.15, 0.2) is 24.3 Å². The monoisotopic (exact) mass is 334 g/mol. The number of nitrogens with zero attached hydrogens (tertiary/aromatic N) is 2. The zero-order valence-electron chi connectivity index (χ0n) is 14.6. The maximum atomic E-state index is 13.2. The van der Waals surface area contributed by atoms with E-state index in [-0.39, 0.29) is 30.0 Å². The molecule has 1 aliphatic heterocycles. The van der Waals surface area contributed by atoms with E-state index in [1.165, 1.54) is 12.1 Å². The molecule has 0 aliphatic carbocycles. The highest BCUT2D eigenvalue weighted by Crippen LogP contribution is 2.20. The van der Waals surface area contributed by atoms with E-state index in [0.717, 1.165) is 19.4 Å². The van der Waals surface area contributed by atoms with Crippen molar-refractivity contribution >= 4 is 11.8 Å². The summed E-state index contributed by atoms with van der Waals surface area (Å²) in [5, 5.41) is 0. The molecule has 0 saturated carbocycles. The molecule has 1 aliphatic rings. The Labute approximate surface area is 143 Å². The van der Waals surface area contributed by atoms with Crippen molar-refractivity contribution in [2.45, 2.75) is 39.0 Å². The predicted molar refractivity (Wildman–Crippen MR) is 92.0 cm³/mol. The molecule has 0 atom stereocenters. The second-order valence-electron chi connectivity index (χ2n) is 6.58. The van der Waals surface area contributed by atoms with Crippen LogP contribution in [-0.4, -0.2) is 48.3 Å². The number of unbranched alkanes of at least 4 members (excludes halogenated alkanes) is 1. The first-order chi connectivity index (χ1) is 11.5. The average molecular weight is 334 g/mol. The SMILES string of the molecule is CCCCN(C)C(=O)C1CCN(C(=O)Cc2cccc(F)c2)CC1. The van der Waals surface area contributed by atoms with Crippen LogP contribution >= 0.6 is 0 Å². The molecule has 24 heavy (non-hydrogen) atoms. The fourth-order valence-electron chi connectivity index (χ4n) is 3.13. The zero-order valence-corrected chi connectivity index (χ0v) is 14.6. The fraction of sp³-hybridized carbons (Fsp3) is 0.579. The number of carbonyl (C=O) groups excluding carboxylic acids is 2.